The van der Waals surface area contributed by atoms with Crippen molar-refractivity contribution in [2.45, 2.75) is 32.6 Å². The average Bonchev–Trinajstić information content (AvgIpc) is 2.80. The zero-order valence-electron chi connectivity index (χ0n) is 11.3. The van der Waals surface area contributed by atoms with Crippen LogP contribution in [-0.4, -0.2) is 16.1 Å². The number of rotatable bonds is 3. The van der Waals surface area contributed by atoms with Gasteiger partial charge in [-0.15, -0.1) is 11.3 Å². The first-order valence-electron chi connectivity index (χ1n) is 6.73. The van der Waals surface area contributed by atoms with Gasteiger partial charge in [0, 0.05) is 4.88 Å². The fraction of sp³-hybridized carbons (Fsp3) is 0.333. The van der Waals surface area contributed by atoms with Gasteiger partial charge in [0.05, 0.1) is 16.9 Å². The SMILES string of the molecule is Cc1ccc(C(=O)O)c(Nc2nc3c(s2)CCCC3)c1. The van der Waals surface area contributed by atoms with Crippen LogP contribution in [0.15, 0.2) is 18.2 Å². The van der Waals surface area contributed by atoms with Crippen LogP contribution < -0.4 is 5.32 Å². The summed E-state index contributed by atoms with van der Waals surface area (Å²) in [6, 6.07) is 5.29. The Balaban J connectivity index is 1.92. The van der Waals surface area contributed by atoms with Gasteiger partial charge in [-0.1, -0.05) is 6.07 Å². The van der Waals surface area contributed by atoms with Crippen molar-refractivity contribution < 1.29 is 9.90 Å². The van der Waals surface area contributed by atoms with Gasteiger partial charge in [-0.3, -0.25) is 0 Å². The van der Waals surface area contributed by atoms with Gasteiger partial charge in [0.25, 0.3) is 0 Å². The Morgan fingerprint density at radius 2 is 2.15 bits per heavy atom. The Morgan fingerprint density at radius 1 is 1.35 bits per heavy atom. The van der Waals surface area contributed by atoms with E-state index in [2.05, 4.69) is 10.3 Å². The highest BCUT2D eigenvalue weighted by Gasteiger charge is 2.17. The number of hydrogen-bond donors (Lipinski definition) is 2. The number of aromatic carboxylic acids is 1. The monoisotopic (exact) mass is 288 g/mol. The highest BCUT2D eigenvalue weighted by molar-refractivity contribution is 7.15. The van der Waals surface area contributed by atoms with E-state index < -0.39 is 5.97 Å². The summed E-state index contributed by atoms with van der Waals surface area (Å²) in [6.45, 7) is 1.95. The normalized spacial score (nSPS) is 13.8. The minimum atomic E-state index is -0.922. The number of hydrogen-bond acceptors (Lipinski definition) is 4. The number of fused-ring (bicyclic) bond motifs is 1. The quantitative estimate of drug-likeness (QED) is 0.902. The van der Waals surface area contributed by atoms with Crippen molar-refractivity contribution in [2.24, 2.45) is 0 Å². The summed E-state index contributed by atoms with van der Waals surface area (Å²) in [4.78, 5) is 17.2. The molecule has 4 nitrogen and oxygen atoms in total. The minimum Gasteiger partial charge on any atom is -0.478 e. The van der Waals surface area contributed by atoms with E-state index in [1.165, 1.54) is 23.4 Å². The summed E-state index contributed by atoms with van der Waals surface area (Å²) >= 11 is 1.64. The predicted molar refractivity (Wildman–Crippen MR) is 80.2 cm³/mol. The van der Waals surface area contributed by atoms with Crippen molar-refractivity contribution in [3.63, 3.8) is 0 Å². The second-order valence-electron chi connectivity index (χ2n) is 5.08. The third-order valence-electron chi connectivity index (χ3n) is 3.49. The molecule has 0 aliphatic heterocycles. The Hall–Kier alpha value is -1.88. The fourth-order valence-corrected chi connectivity index (χ4v) is 3.53. The molecule has 1 aromatic heterocycles. The lowest BCUT2D eigenvalue weighted by Crippen LogP contribution is -2.03. The first-order chi connectivity index (χ1) is 9.63. The molecule has 20 heavy (non-hydrogen) atoms. The van der Waals surface area contributed by atoms with Gasteiger partial charge in [-0.2, -0.15) is 0 Å². The molecule has 104 valence electrons. The third-order valence-corrected chi connectivity index (χ3v) is 4.57. The molecule has 5 heteroatoms. The summed E-state index contributed by atoms with van der Waals surface area (Å²) in [7, 11) is 0. The average molecular weight is 288 g/mol. The molecule has 0 atom stereocenters. The molecule has 3 rings (SSSR count). The molecular formula is C15H16N2O2S. The first-order valence-corrected chi connectivity index (χ1v) is 7.54. The van der Waals surface area contributed by atoms with Crippen LogP contribution in [0.2, 0.25) is 0 Å². The molecular weight excluding hydrogens is 272 g/mol. The van der Waals surface area contributed by atoms with Gasteiger partial charge in [-0.25, -0.2) is 9.78 Å². The largest absolute Gasteiger partial charge is 0.478 e. The predicted octanol–water partition coefficient (Wildman–Crippen LogP) is 3.77. The van der Waals surface area contributed by atoms with Gasteiger partial charge in [0.15, 0.2) is 5.13 Å². The van der Waals surface area contributed by atoms with Crippen LogP contribution in [-0.2, 0) is 12.8 Å². The number of nitrogens with one attached hydrogen (secondary N) is 1. The van der Waals surface area contributed by atoms with Gasteiger partial charge >= 0.3 is 5.97 Å². The number of aryl methyl sites for hydroxylation is 3. The lowest BCUT2D eigenvalue weighted by atomic mass is 10.0. The molecule has 0 spiro atoms. The van der Waals surface area contributed by atoms with Crippen LogP contribution in [0.25, 0.3) is 0 Å². The number of carboxylic acids is 1. The second-order valence-corrected chi connectivity index (χ2v) is 6.16. The maximum Gasteiger partial charge on any atom is 0.337 e. The van der Waals surface area contributed by atoms with Gasteiger partial charge < -0.3 is 10.4 Å². The van der Waals surface area contributed by atoms with Crippen LogP contribution in [0, 0.1) is 6.92 Å². The third kappa shape index (κ3) is 2.54. The van der Waals surface area contributed by atoms with Crippen LogP contribution in [0.3, 0.4) is 0 Å². The Bertz CT molecular complexity index is 640. The highest BCUT2D eigenvalue weighted by atomic mass is 32.1. The molecule has 0 amide bonds. The molecule has 1 heterocycles. The zero-order chi connectivity index (χ0) is 14.1. The van der Waals surface area contributed by atoms with E-state index >= 15 is 0 Å². The van der Waals surface area contributed by atoms with Crippen molar-refractivity contribution in [3.8, 4) is 0 Å². The highest BCUT2D eigenvalue weighted by Crippen LogP contribution is 2.32. The van der Waals surface area contributed by atoms with Crippen LogP contribution in [0.1, 0.15) is 39.3 Å². The van der Waals surface area contributed by atoms with E-state index in [0.29, 0.717) is 5.69 Å². The number of carboxylic acid groups (broad SMARTS) is 1. The van der Waals surface area contributed by atoms with E-state index in [0.717, 1.165) is 23.5 Å². The Labute approximate surface area is 121 Å². The van der Waals surface area contributed by atoms with E-state index in [4.69, 9.17) is 0 Å². The maximum atomic E-state index is 11.3. The molecule has 2 aromatic rings. The summed E-state index contributed by atoms with van der Waals surface area (Å²) < 4.78 is 0. The Morgan fingerprint density at radius 3 is 2.90 bits per heavy atom. The van der Waals surface area contributed by atoms with Crippen molar-refractivity contribution in [2.75, 3.05) is 5.32 Å². The molecule has 0 saturated heterocycles. The summed E-state index contributed by atoms with van der Waals surface area (Å²) in [5.41, 5.74) is 3.10. The molecule has 0 unspecified atom stereocenters. The van der Waals surface area contributed by atoms with Crippen LogP contribution in [0.4, 0.5) is 10.8 Å². The molecule has 0 radical (unpaired) electrons. The van der Waals surface area contributed by atoms with Gasteiger partial charge in [0.2, 0.25) is 0 Å². The molecule has 2 N–H and O–H groups in total. The van der Waals surface area contributed by atoms with Gasteiger partial charge in [0.1, 0.15) is 0 Å². The summed E-state index contributed by atoms with van der Waals surface area (Å²) in [5.74, 6) is -0.922. The summed E-state index contributed by atoms with van der Waals surface area (Å²) in [6.07, 6.45) is 4.54. The molecule has 1 aliphatic rings. The first kappa shape index (κ1) is 13.1. The van der Waals surface area contributed by atoms with Crippen molar-refractivity contribution in [3.05, 3.63) is 39.9 Å². The lowest BCUT2D eigenvalue weighted by Gasteiger charge is -2.07. The number of anilines is 2. The van der Waals surface area contributed by atoms with Crippen LogP contribution in [0.5, 0.6) is 0 Å². The Kier molecular flexibility index (Phi) is 3.44. The topological polar surface area (TPSA) is 62.2 Å². The molecule has 0 fully saturated rings. The number of thiazole rings is 1. The van der Waals surface area contributed by atoms with Crippen LogP contribution >= 0.6 is 11.3 Å². The molecule has 0 saturated carbocycles. The number of aromatic nitrogens is 1. The molecule has 1 aliphatic carbocycles. The zero-order valence-corrected chi connectivity index (χ0v) is 12.1. The molecule has 0 bridgehead atoms. The fourth-order valence-electron chi connectivity index (χ4n) is 2.47. The van der Waals surface area contributed by atoms with Crippen molar-refractivity contribution in [1.29, 1.82) is 0 Å². The van der Waals surface area contributed by atoms with E-state index in [1.54, 1.807) is 17.4 Å². The molecule has 1 aromatic carbocycles. The van der Waals surface area contributed by atoms with E-state index in [1.807, 2.05) is 19.1 Å². The van der Waals surface area contributed by atoms with E-state index in [9.17, 15) is 9.90 Å². The number of carbonyl (C=O) groups is 1. The van der Waals surface area contributed by atoms with Crippen molar-refractivity contribution >= 4 is 28.1 Å². The standard InChI is InChI=1S/C15H16N2O2S/c1-9-6-7-10(14(18)19)12(8-9)17-15-16-11-4-2-3-5-13(11)20-15/h6-8H,2-5H2,1H3,(H,16,17)(H,18,19). The minimum absolute atomic E-state index is 0.281. The number of benzene rings is 1. The van der Waals surface area contributed by atoms with Gasteiger partial charge in [-0.05, 0) is 50.3 Å². The maximum absolute atomic E-state index is 11.3. The summed E-state index contributed by atoms with van der Waals surface area (Å²) in [5, 5.41) is 13.2. The lowest BCUT2D eigenvalue weighted by molar-refractivity contribution is 0.0698. The number of nitrogens with zero attached hydrogens (tertiary/aromatic N) is 1. The van der Waals surface area contributed by atoms with Crippen molar-refractivity contribution in [1.82, 2.24) is 4.98 Å². The smallest absolute Gasteiger partial charge is 0.337 e. The second kappa shape index (κ2) is 5.25. The van der Waals surface area contributed by atoms with E-state index in [-0.39, 0.29) is 5.56 Å².